The van der Waals surface area contributed by atoms with Crippen LogP contribution >= 0.6 is 0 Å². The molecular weight excluding hydrogens is 492 g/mol. The molecule has 1 saturated heterocycles. The Balaban J connectivity index is 1.40. The number of fused-ring (bicyclic) bond motifs is 1. The number of anilines is 4. The number of methoxy groups -OCH3 is 1. The number of benzene rings is 3. The second-order valence-corrected chi connectivity index (χ2v) is 9.27. The van der Waals surface area contributed by atoms with Gasteiger partial charge in [0, 0.05) is 67.3 Å². The van der Waals surface area contributed by atoms with E-state index >= 15 is 0 Å². The van der Waals surface area contributed by atoms with Crippen LogP contribution in [0.1, 0.15) is 0 Å². The molecule has 0 saturated carbocycles. The van der Waals surface area contributed by atoms with Gasteiger partial charge >= 0.3 is 0 Å². The summed E-state index contributed by atoms with van der Waals surface area (Å²) in [5.74, 6) is 0.894. The third kappa shape index (κ3) is 6.00. The van der Waals surface area contributed by atoms with Crippen molar-refractivity contribution >= 4 is 39.8 Å². The lowest BCUT2D eigenvalue weighted by molar-refractivity contribution is -0.111. The van der Waals surface area contributed by atoms with Crippen molar-refractivity contribution < 1.29 is 14.6 Å². The molecule has 9 nitrogen and oxygen atoms in total. The third-order valence-electron chi connectivity index (χ3n) is 6.82. The van der Waals surface area contributed by atoms with Crippen LogP contribution in [-0.4, -0.2) is 72.3 Å². The van der Waals surface area contributed by atoms with Crippen LogP contribution in [0.3, 0.4) is 0 Å². The number of aliphatic hydroxyl groups excluding tert-OH is 1. The molecule has 5 rings (SSSR count). The van der Waals surface area contributed by atoms with E-state index < -0.39 is 0 Å². The minimum absolute atomic E-state index is 0.187. The van der Waals surface area contributed by atoms with Crippen molar-refractivity contribution in [2.45, 2.75) is 0 Å². The number of ether oxygens (including phenoxy) is 1. The summed E-state index contributed by atoms with van der Waals surface area (Å²) in [4.78, 5) is 25.8. The smallest absolute Gasteiger partial charge is 0.247 e. The van der Waals surface area contributed by atoms with Crippen LogP contribution in [0.5, 0.6) is 5.75 Å². The Morgan fingerprint density at radius 3 is 2.69 bits per heavy atom. The maximum atomic E-state index is 11.8. The number of β-amino-alcohol motifs (C(OH)–C–C–N with tert-alkyl or cyclic N) is 1. The summed E-state index contributed by atoms with van der Waals surface area (Å²) in [7, 11) is 1.65. The van der Waals surface area contributed by atoms with Crippen LogP contribution in [0, 0.1) is 0 Å². The molecule has 0 unspecified atom stereocenters. The van der Waals surface area contributed by atoms with Crippen LogP contribution < -0.4 is 20.3 Å². The molecule has 0 aliphatic carbocycles. The monoisotopic (exact) mass is 524 g/mol. The van der Waals surface area contributed by atoms with Crippen LogP contribution in [0.4, 0.5) is 23.0 Å². The molecule has 0 spiro atoms. The lowest BCUT2D eigenvalue weighted by Gasteiger charge is -2.36. The van der Waals surface area contributed by atoms with Crippen molar-refractivity contribution in [3.8, 4) is 16.9 Å². The standard InChI is InChI=1S/C30H32N6O3/c1-3-28(38)32-23-8-4-6-21(18-23)25-9-5-7-22-20-31-30(34-29(22)25)33-26-11-10-24(19-27(26)39-2)36-14-12-35(13-15-36)16-17-37/h3-11,18-20,37H,1,12-17H2,2H3,(H,32,38)(H,31,33,34). The zero-order chi connectivity index (χ0) is 27.2. The number of nitrogens with zero attached hydrogens (tertiary/aromatic N) is 4. The van der Waals surface area contributed by atoms with E-state index in [9.17, 15) is 9.90 Å². The predicted molar refractivity (Wildman–Crippen MR) is 156 cm³/mol. The molecule has 0 radical (unpaired) electrons. The zero-order valence-electron chi connectivity index (χ0n) is 21.9. The van der Waals surface area contributed by atoms with Crippen LogP contribution in [0.2, 0.25) is 0 Å². The first-order valence-corrected chi connectivity index (χ1v) is 12.9. The van der Waals surface area contributed by atoms with Gasteiger partial charge < -0.3 is 25.4 Å². The lowest BCUT2D eigenvalue weighted by Crippen LogP contribution is -2.47. The Kier molecular flexibility index (Phi) is 8.00. The number of nitrogens with one attached hydrogen (secondary N) is 2. The fourth-order valence-corrected chi connectivity index (χ4v) is 4.78. The summed E-state index contributed by atoms with van der Waals surface area (Å²) >= 11 is 0. The fraction of sp³-hybridized carbons (Fsp3) is 0.233. The summed E-state index contributed by atoms with van der Waals surface area (Å²) in [6.45, 7) is 8.04. The lowest BCUT2D eigenvalue weighted by atomic mass is 10.0. The summed E-state index contributed by atoms with van der Waals surface area (Å²) in [5.41, 5.74) is 5.18. The Morgan fingerprint density at radius 1 is 1.10 bits per heavy atom. The number of rotatable bonds is 9. The Hall–Kier alpha value is -4.47. The summed E-state index contributed by atoms with van der Waals surface area (Å²) < 4.78 is 5.71. The maximum Gasteiger partial charge on any atom is 0.247 e. The molecule has 1 amide bonds. The molecule has 1 aromatic heterocycles. The Labute approximate surface area is 227 Å². The first-order valence-electron chi connectivity index (χ1n) is 12.9. The summed E-state index contributed by atoms with van der Waals surface area (Å²) in [6.07, 6.45) is 3.04. The zero-order valence-corrected chi connectivity index (χ0v) is 21.9. The number of carbonyl (C=O) groups excluding carboxylic acids is 1. The van der Waals surface area contributed by atoms with E-state index in [2.05, 4.69) is 38.1 Å². The molecule has 200 valence electrons. The molecule has 1 fully saturated rings. The van der Waals surface area contributed by atoms with Gasteiger partial charge in [0.05, 0.1) is 24.9 Å². The average Bonchev–Trinajstić information content (AvgIpc) is 2.97. The molecule has 0 bridgehead atoms. The Bertz CT molecular complexity index is 1480. The van der Waals surface area contributed by atoms with Gasteiger partial charge in [-0.15, -0.1) is 0 Å². The number of hydrogen-bond donors (Lipinski definition) is 3. The largest absolute Gasteiger partial charge is 0.494 e. The average molecular weight is 525 g/mol. The number of hydrogen-bond acceptors (Lipinski definition) is 8. The van der Waals surface area contributed by atoms with Crippen molar-refractivity contribution in [2.24, 2.45) is 0 Å². The maximum absolute atomic E-state index is 11.8. The SMILES string of the molecule is C=CC(=O)Nc1cccc(-c2cccc3cnc(Nc4ccc(N5CCN(CCO)CC5)cc4OC)nc23)c1. The number of amides is 1. The highest BCUT2D eigenvalue weighted by molar-refractivity contribution is 6.00. The highest BCUT2D eigenvalue weighted by Crippen LogP contribution is 2.33. The van der Waals surface area contributed by atoms with E-state index in [0.29, 0.717) is 23.9 Å². The van der Waals surface area contributed by atoms with Crippen LogP contribution in [-0.2, 0) is 4.79 Å². The van der Waals surface area contributed by atoms with Gasteiger partial charge in [-0.3, -0.25) is 9.69 Å². The van der Waals surface area contributed by atoms with Gasteiger partial charge in [-0.05, 0) is 35.9 Å². The molecule has 39 heavy (non-hydrogen) atoms. The van der Waals surface area contributed by atoms with E-state index in [1.54, 1.807) is 13.3 Å². The molecule has 2 heterocycles. The number of piperazine rings is 1. The molecule has 4 aromatic rings. The third-order valence-corrected chi connectivity index (χ3v) is 6.82. The molecule has 1 aliphatic rings. The molecular formula is C30H32N6O3. The van der Waals surface area contributed by atoms with Crippen molar-refractivity contribution in [1.82, 2.24) is 14.9 Å². The second-order valence-electron chi connectivity index (χ2n) is 9.27. The molecule has 3 aromatic carbocycles. The highest BCUT2D eigenvalue weighted by atomic mass is 16.5. The van der Waals surface area contributed by atoms with Crippen molar-refractivity contribution in [2.75, 3.05) is 62.0 Å². The van der Waals surface area contributed by atoms with E-state index in [1.165, 1.54) is 6.08 Å². The van der Waals surface area contributed by atoms with Crippen molar-refractivity contribution in [1.29, 1.82) is 0 Å². The minimum atomic E-state index is -0.261. The Morgan fingerprint density at radius 2 is 1.92 bits per heavy atom. The fourth-order valence-electron chi connectivity index (χ4n) is 4.78. The normalized spacial score (nSPS) is 13.7. The highest BCUT2D eigenvalue weighted by Gasteiger charge is 2.18. The number of carbonyl (C=O) groups is 1. The number of aliphatic hydroxyl groups is 1. The molecule has 0 atom stereocenters. The first-order chi connectivity index (χ1) is 19.1. The van der Waals surface area contributed by atoms with E-state index in [0.717, 1.165) is 59.6 Å². The topological polar surface area (TPSA) is 103 Å². The van der Waals surface area contributed by atoms with Crippen LogP contribution in [0.15, 0.2) is 79.5 Å². The van der Waals surface area contributed by atoms with Crippen molar-refractivity contribution in [3.63, 3.8) is 0 Å². The van der Waals surface area contributed by atoms with E-state index in [4.69, 9.17) is 9.72 Å². The van der Waals surface area contributed by atoms with Gasteiger partial charge in [-0.2, -0.15) is 0 Å². The second kappa shape index (κ2) is 11.9. The van der Waals surface area contributed by atoms with Crippen LogP contribution in [0.25, 0.3) is 22.0 Å². The van der Waals surface area contributed by atoms with E-state index in [1.807, 2.05) is 54.6 Å². The number of aromatic nitrogens is 2. The van der Waals surface area contributed by atoms with Gasteiger partial charge in [0.1, 0.15) is 5.75 Å². The van der Waals surface area contributed by atoms with Gasteiger partial charge in [-0.1, -0.05) is 36.9 Å². The molecule has 3 N–H and O–H groups in total. The first kappa shape index (κ1) is 26.1. The summed E-state index contributed by atoms with van der Waals surface area (Å²) in [5, 5.41) is 16.2. The minimum Gasteiger partial charge on any atom is -0.494 e. The van der Waals surface area contributed by atoms with E-state index in [-0.39, 0.29) is 12.5 Å². The predicted octanol–water partition coefficient (Wildman–Crippen LogP) is 4.29. The van der Waals surface area contributed by atoms with Gasteiger partial charge in [0.15, 0.2) is 0 Å². The number of para-hydroxylation sites is 1. The quantitative estimate of drug-likeness (QED) is 0.279. The van der Waals surface area contributed by atoms with Gasteiger partial charge in [-0.25, -0.2) is 9.97 Å². The van der Waals surface area contributed by atoms with Crippen molar-refractivity contribution in [3.05, 3.63) is 79.5 Å². The summed E-state index contributed by atoms with van der Waals surface area (Å²) in [6, 6.07) is 19.7. The van der Waals surface area contributed by atoms with Gasteiger partial charge in [0.25, 0.3) is 0 Å². The molecule has 9 heteroatoms. The molecule has 1 aliphatic heterocycles. The van der Waals surface area contributed by atoms with Gasteiger partial charge in [0.2, 0.25) is 11.9 Å².